The van der Waals surface area contributed by atoms with Gasteiger partial charge in [-0.25, -0.2) is 0 Å². The Bertz CT molecular complexity index is 1300. The first-order chi connectivity index (χ1) is 16.3. The molecule has 1 aliphatic rings. The second-order valence-corrected chi connectivity index (χ2v) is 9.20. The number of Topliss-reactive ketones (excluding diaryl/α,β-unsaturated/α-hetero) is 1. The summed E-state index contributed by atoms with van der Waals surface area (Å²) in [5.41, 5.74) is 1.54. The minimum absolute atomic E-state index is 0.235. The van der Waals surface area contributed by atoms with Crippen molar-refractivity contribution >= 4 is 34.9 Å². The van der Waals surface area contributed by atoms with Crippen LogP contribution in [0.4, 0.5) is 0 Å². The van der Waals surface area contributed by atoms with E-state index in [2.05, 4.69) is 16.4 Å². The number of halogens is 2. The summed E-state index contributed by atoms with van der Waals surface area (Å²) in [5, 5.41) is 13.2. The maximum Gasteiger partial charge on any atom is 0.273 e. The molecule has 8 heteroatoms. The lowest BCUT2D eigenvalue weighted by molar-refractivity contribution is 0.0473. The molecule has 0 unspecified atom stereocenters. The van der Waals surface area contributed by atoms with E-state index in [-0.39, 0.29) is 23.9 Å². The number of nitriles is 1. The maximum atomic E-state index is 14.2. The highest BCUT2D eigenvalue weighted by Crippen LogP contribution is 2.41. The average molecular weight is 493 g/mol. The summed E-state index contributed by atoms with van der Waals surface area (Å²) in [6.45, 7) is 2.58. The predicted octanol–water partition coefficient (Wildman–Crippen LogP) is 4.65. The van der Waals surface area contributed by atoms with Gasteiger partial charge in [0.25, 0.3) is 5.91 Å². The maximum absolute atomic E-state index is 14.2. The Kier molecular flexibility index (Phi) is 6.72. The van der Waals surface area contributed by atoms with Gasteiger partial charge in [-0.05, 0) is 54.4 Å². The first-order valence-corrected chi connectivity index (χ1v) is 11.4. The molecule has 34 heavy (non-hydrogen) atoms. The van der Waals surface area contributed by atoms with Gasteiger partial charge >= 0.3 is 0 Å². The second kappa shape index (κ2) is 9.55. The number of benzene rings is 2. The van der Waals surface area contributed by atoms with E-state index in [4.69, 9.17) is 28.5 Å². The Balaban J connectivity index is 1.85. The van der Waals surface area contributed by atoms with Gasteiger partial charge in [0.15, 0.2) is 5.78 Å². The zero-order chi connectivity index (χ0) is 24.5. The van der Waals surface area contributed by atoms with Crippen LogP contribution in [-0.2, 0) is 0 Å². The lowest BCUT2D eigenvalue weighted by Crippen LogP contribution is -2.59. The minimum Gasteiger partial charge on any atom is -0.325 e. The second-order valence-electron chi connectivity index (χ2n) is 8.38. The van der Waals surface area contributed by atoms with Crippen molar-refractivity contribution in [2.75, 3.05) is 20.1 Å². The van der Waals surface area contributed by atoms with E-state index in [1.807, 2.05) is 19.1 Å². The summed E-state index contributed by atoms with van der Waals surface area (Å²) in [6, 6.07) is 17.3. The molecule has 0 spiro atoms. The summed E-state index contributed by atoms with van der Waals surface area (Å²) in [7, 11) is 1.63. The number of carbonyl (C=O) groups is 2. The van der Waals surface area contributed by atoms with E-state index < -0.39 is 11.5 Å². The molecule has 1 saturated heterocycles. The Hall–Kier alpha value is -3.24. The van der Waals surface area contributed by atoms with Crippen LogP contribution in [0.25, 0.3) is 0 Å². The zero-order valence-corrected chi connectivity index (χ0v) is 20.2. The summed E-state index contributed by atoms with van der Waals surface area (Å²) < 4.78 is 0. The van der Waals surface area contributed by atoms with Gasteiger partial charge in [-0.1, -0.05) is 41.4 Å². The van der Waals surface area contributed by atoms with E-state index in [0.717, 1.165) is 11.1 Å². The van der Waals surface area contributed by atoms with E-state index >= 15 is 0 Å². The first-order valence-electron chi connectivity index (χ1n) is 10.7. The number of carbonyl (C=O) groups excluding carboxylic acids is 2. The van der Waals surface area contributed by atoms with Gasteiger partial charge in [-0.2, -0.15) is 5.26 Å². The third-order valence-corrected chi connectivity index (χ3v) is 7.11. The van der Waals surface area contributed by atoms with Gasteiger partial charge in [0.1, 0.15) is 11.2 Å². The van der Waals surface area contributed by atoms with Crippen molar-refractivity contribution in [2.24, 2.45) is 0 Å². The highest BCUT2D eigenvalue weighted by molar-refractivity contribution is 6.42. The molecule has 6 nitrogen and oxygen atoms in total. The fourth-order valence-electron chi connectivity index (χ4n) is 4.52. The number of rotatable bonds is 5. The summed E-state index contributed by atoms with van der Waals surface area (Å²) in [6.07, 6.45) is 1.58. The van der Waals surface area contributed by atoms with Crippen molar-refractivity contribution < 1.29 is 9.59 Å². The molecule has 2 aromatic carbocycles. The largest absolute Gasteiger partial charge is 0.325 e. The normalized spacial score (nSPS) is 19.4. The van der Waals surface area contributed by atoms with Crippen LogP contribution in [0.5, 0.6) is 0 Å². The minimum atomic E-state index is -1.26. The molecule has 1 N–H and O–H groups in total. The quantitative estimate of drug-likeness (QED) is 0.523. The van der Waals surface area contributed by atoms with E-state index in [1.54, 1.807) is 55.7 Å². The fourth-order valence-corrected chi connectivity index (χ4v) is 4.82. The van der Waals surface area contributed by atoms with Crippen molar-refractivity contribution in [3.05, 3.63) is 98.8 Å². The van der Waals surface area contributed by atoms with Crippen molar-refractivity contribution in [3.63, 3.8) is 0 Å². The lowest BCUT2D eigenvalue weighted by Gasteiger charge is -2.41. The number of hydrogen-bond donors (Lipinski definition) is 1. The van der Waals surface area contributed by atoms with Crippen molar-refractivity contribution in [3.8, 4) is 6.07 Å². The number of pyridine rings is 1. The molecule has 3 aromatic rings. The van der Waals surface area contributed by atoms with Crippen LogP contribution >= 0.6 is 23.2 Å². The molecule has 1 amide bonds. The Morgan fingerprint density at radius 1 is 1.12 bits per heavy atom. The van der Waals surface area contributed by atoms with Crippen LogP contribution in [0, 0.1) is 18.3 Å². The van der Waals surface area contributed by atoms with Crippen LogP contribution in [0.2, 0.25) is 10.0 Å². The zero-order valence-electron chi connectivity index (χ0n) is 18.7. The highest BCUT2D eigenvalue weighted by Gasteiger charge is 2.54. The van der Waals surface area contributed by atoms with Crippen LogP contribution in [0.15, 0.2) is 60.8 Å². The lowest BCUT2D eigenvalue weighted by atomic mass is 9.75. The number of amides is 1. The van der Waals surface area contributed by atoms with Crippen molar-refractivity contribution in [1.82, 2.24) is 15.2 Å². The highest BCUT2D eigenvalue weighted by atomic mass is 35.5. The van der Waals surface area contributed by atoms with Gasteiger partial charge < -0.3 is 10.2 Å². The van der Waals surface area contributed by atoms with Gasteiger partial charge in [0.05, 0.1) is 21.7 Å². The average Bonchev–Trinajstić information content (AvgIpc) is 3.30. The third-order valence-electron chi connectivity index (χ3n) is 6.37. The summed E-state index contributed by atoms with van der Waals surface area (Å²) in [5.74, 6) is -0.995. The first kappa shape index (κ1) is 23.9. The molecule has 2 atom stereocenters. The third kappa shape index (κ3) is 4.19. The number of nitrogens with one attached hydrogen (secondary N) is 1. The molecule has 1 aromatic heterocycles. The monoisotopic (exact) mass is 492 g/mol. The number of aromatic nitrogens is 1. The Labute approximate surface area is 208 Å². The SMILES string of the molecule is Cc1ccnc(C(=O)N(C)[C@]2(C(=O)c3ccc(C#N)cc3)CNC[C@H]2c2ccc(Cl)c(Cl)c2)c1. The number of likely N-dealkylation sites (N-methyl/N-ethyl adjacent to an activating group) is 1. The standard InChI is InChI=1S/C26H22Cl2N4O2/c1-16-9-10-31-23(11-16)25(34)32(2)26(24(33)18-5-3-17(13-29)4-6-18)15-30-14-20(26)19-7-8-21(27)22(28)12-19/h3-12,20,30H,14-15H2,1-2H3/t20-,26+/m0/s1. The topological polar surface area (TPSA) is 86.1 Å². The van der Waals surface area contributed by atoms with Crippen molar-refractivity contribution in [1.29, 1.82) is 5.26 Å². The van der Waals surface area contributed by atoms with E-state index in [1.165, 1.54) is 4.90 Å². The van der Waals surface area contributed by atoms with Gasteiger partial charge in [0, 0.05) is 37.8 Å². The number of ketones is 1. The van der Waals surface area contributed by atoms with Crippen LogP contribution < -0.4 is 5.32 Å². The number of hydrogen-bond acceptors (Lipinski definition) is 5. The number of nitrogens with zero attached hydrogens (tertiary/aromatic N) is 3. The molecule has 0 saturated carbocycles. The molecule has 4 rings (SSSR count). The van der Waals surface area contributed by atoms with Gasteiger partial charge in [-0.15, -0.1) is 0 Å². The fraction of sp³-hybridized carbons (Fsp3) is 0.231. The van der Waals surface area contributed by atoms with E-state index in [0.29, 0.717) is 27.7 Å². The van der Waals surface area contributed by atoms with Crippen LogP contribution in [0.1, 0.15) is 43.5 Å². The molecule has 1 fully saturated rings. The van der Waals surface area contributed by atoms with Gasteiger partial charge in [-0.3, -0.25) is 14.6 Å². The Morgan fingerprint density at radius 3 is 2.50 bits per heavy atom. The summed E-state index contributed by atoms with van der Waals surface area (Å²) >= 11 is 12.5. The van der Waals surface area contributed by atoms with E-state index in [9.17, 15) is 9.59 Å². The molecule has 1 aliphatic heterocycles. The number of aryl methyl sites for hydroxylation is 1. The van der Waals surface area contributed by atoms with Crippen LogP contribution in [-0.4, -0.2) is 47.3 Å². The van der Waals surface area contributed by atoms with Crippen molar-refractivity contribution in [2.45, 2.75) is 18.4 Å². The molecular formula is C26H22Cl2N4O2. The molecule has 172 valence electrons. The molecule has 2 heterocycles. The van der Waals surface area contributed by atoms with Crippen LogP contribution in [0.3, 0.4) is 0 Å². The van der Waals surface area contributed by atoms with Gasteiger partial charge in [0.2, 0.25) is 0 Å². The summed E-state index contributed by atoms with van der Waals surface area (Å²) in [4.78, 5) is 33.5. The molecule has 0 radical (unpaired) electrons. The molecule has 0 bridgehead atoms. The molecular weight excluding hydrogens is 471 g/mol. The molecule has 0 aliphatic carbocycles. The Morgan fingerprint density at radius 2 is 1.85 bits per heavy atom. The predicted molar refractivity (Wildman–Crippen MR) is 131 cm³/mol. The smallest absolute Gasteiger partial charge is 0.273 e.